The molecule has 1 heterocycles. The van der Waals surface area contributed by atoms with Crippen molar-refractivity contribution in [2.75, 3.05) is 19.7 Å². The first-order valence-electron chi connectivity index (χ1n) is 11.2. The lowest BCUT2D eigenvalue weighted by molar-refractivity contribution is -0.139. The summed E-state index contributed by atoms with van der Waals surface area (Å²) in [7, 11) is 0. The van der Waals surface area contributed by atoms with Crippen molar-refractivity contribution < 1.29 is 27.8 Å². The molecule has 0 saturated carbocycles. The van der Waals surface area contributed by atoms with Crippen molar-refractivity contribution in [2.45, 2.75) is 78.6 Å². The molecule has 1 saturated heterocycles. The molecule has 31 heavy (non-hydrogen) atoms. The Kier molecular flexibility index (Phi) is 11.6. The van der Waals surface area contributed by atoms with Crippen LogP contribution in [0.5, 0.6) is 0 Å². The van der Waals surface area contributed by atoms with Crippen molar-refractivity contribution in [2.24, 2.45) is 11.8 Å². The van der Waals surface area contributed by atoms with Crippen LogP contribution in [0.3, 0.4) is 0 Å². The van der Waals surface area contributed by atoms with E-state index in [0.717, 1.165) is 30.0 Å². The van der Waals surface area contributed by atoms with E-state index in [1.165, 1.54) is 18.6 Å². The number of likely N-dealkylation sites (tertiary alicyclic amines) is 1. The minimum absolute atomic E-state index is 0.0297. The SMILES string of the molecule is CC(C)OCCN1CC[C@@H](CC(=O)O)C[C@H]1c1ccc(C(F)(F)F)cc1.CCC(C)C. The molecule has 2 rings (SSSR count). The third-order valence-electron chi connectivity index (χ3n) is 5.55. The molecule has 1 aliphatic rings. The number of benzene rings is 1. The van der Waals surface area contributed by atoms with Crippen LogP contribution in [0.1, 0.15) is 77.5 Å². The summed E-state index contributed by atoms with van der Waals surface area (Å²) in [5.41, 5.74) is 0.117. The number of hydrogen-bond donors (Lipinski definition) is 1. The lowest BCUT2D eigenvalue weighted by Crippen LogP contribution is -2.39. The van der Waals surface area contributed by atoms with Gasteiger partial charge in [0, 0.05) is 19.0 Å². The van der Waals surface area contributed by atoms with Gasteiger partial charge in [0.2, 0.25) is 0 Å². The number of piperidine rings is 1. The van der Waals surface area contributed by atoms with Crippen LogP contribution in [0.2, 0.25) is 0 Å². The standard InChI is InChI=1S/C19H26F3NO3.C5H12/c1-13(2)26-10-9-23-8-7-14(12-18(24)25)11-17(23)15-3-5-16(6-4-15)19(20,21)22;1-4-5(2)3/h3-6,13-14,17H,7-12H2,1-2H3,(H,24,25);5H,4H2,1-3H3/t14-,17+;/m1./s1. The molecule has 1 N–H and O–H groups in total. The van der Waals surface area contributed by atoms with Gasteiger partial charge in [-0.25, -0.2) is 0 Å². The predicted octanol–water partition coefficient (Wildman–Crippen LogP) is 6.41. The smallest absolute Gasteiger partial charge is 0.416 e. The van der Waals surface area contributed by atoms with E-state index in [9.17, 15) is 18.0 Å². The number of carboxylic acids is 1. The number of rotatable bonds is 8. The van der Waals surface area contributed by atoms with E-state index in [4.69, 9.17) is 9.84 Å². The van der Waals surface area contributed by atoms with E-state index in [2.05, 4.69) is 25.7 Å². The molecule has 1 aliphatic heterocycles. The molecule has 0 radical (unpaired) electrons. The Morgan fingerprint density at radius 1 is 1.19 bits per heavy atom. The van der Waals surface area contributed by atoms with Gasteiger partial charge in [0.05, 0.1) is 18.3 Å². The van der Waals surface area contributed by atoms with Crippen LogP contribution >= 0.6 is 0 Å². The highest BCUT2D eigenvalue weighted by molar-refractivity contribution is 5.67. The Hall–Kier alpha value is -1.60. The van der Waals surface area contributed by atoms with Gasteiger partial charge in [0.1, 0.15) is 0 Å². The fourth-order valence-corrected chi connectivity index (χ4v) is 3.43. The molecular weight excluding hydrogens is 407 g/mol. The molecule has 4 nitrogen and oxygen atoms in total. The third-order valence-corrected chi connectivity index (χ3v) is 5.55. The van der Waals surface area contributed by atoms with Gasteiger partial charge in [0.15, 0.2) is 0 Å². The van der Waals surface area contributed by atoms with Crippen LogP contribution in [0.15, 0.2) is 24.3 Å². The number of carboxylic acid groups (broad SMARTS) is 1. The van der Waals surface area contributed by atoms with Gasteiger partial charge in [0.25, 0.3) is 0 Å². The lowest BCUT2D eigenvalue weighted by Gasteiger charge is -2.39. The number of hydrogen-bond acceptors (Lipinski definition) is 3. The maximum atomic E-state index is 12.8. The number of aliphatic carboxylic acids is 1. The summed E-state index contributed by atoms with van der Waals surface area (Å²) < 4.78 is 44.0. The second-order valence-electron chi connectivity index (χ2n) is 8.88. The van der Waals surface area contributed by atoms with Gasteiger partial charge >= 0.3 is 12.1 Å². The average molecular weight is 446 g/mol. The van der Waals surface area contributed by atoms with Crippen molar-refractivity contribution in [3.63, 3.8) is 0 Å². The summed E-state index contributed by atoms with van der Waals surface area (Å²) in [6, 6.07) is 5.11. The van der Waals surface area contributed by atoms with Crippen molar-refractivity contribution in [1.82, 2.24) is 4.90 Å². The molecule has 2 atom stereocenters. The quantitative estimate of drug-likeness (QED) is 0.502. The number of alkyl halides is 3. The van der Waals surface area contributed by atoms with Crippen LogP contribution < -0.4 is 0 Å². The summed E-state index contributed by atoms with van der Waals surface area (Å²) in [6.07, 6.45) is -1.45. The minimum atomic E-state index is -4.36. The van der Waals surface area contributed by atoms with Crippen molar-refractivity contribution in [1.29, 1.82) is 0 Å². The first-order chi connectivity index (χ1) is 14.4. The van der Waals surface area contributed by atoms with Crippen molar-refractivity contribution in [3.05, 3.63) is 35.4 Å². The van der Waals surface area contributed by atoms with Gasteiger partial charge < -0.3 is 9.84 Å². The first-order valence-corrected chi connectivity index (χ1v) is 11.2. The molecule has 0 bridgehead atoms. The van der Waals surface area contributed by atoms with Crippen molar-refractivity contribution >= 4 is 5.97 Å². The minimum Gasteiger partial charge on any atom is -0.481 e. The topological polar surface area (TPSA) is 49.8 Å². The van der Waals surface area contributed by atoms with Crippen LogP contribution in [-0.2, 0) is 15.7 Å². The van der Waals surface area contributed by atoms with Gasteiger partial charge in [-0.15, -0.1) is 0 Å². The molecule has 1 aromatic carbocycles. The van der Waals surface area contributed by atoms with E-state index in [-0.39, 0.29) is 24.5 Å². The normalized spacial score (nSPS) is 19.9. The zero-order chi connectivity index (χ0) is 23.6. The predicted molar refractivity (Wildman–Crippen MR) is 117 cm³/mol. The molecule has 7 heteroatoms. The number of carbonyl (C=O) groups is 1. The van der Waals surface area contributed by atoms with E-state index in [1.54, 1.807) is 0 Å². The van der Waals surface area contributed by atoms with Gasteiger partial charge in [-0.1, -0.05) is 39.3 Å². The number of nitrogens with zero attached hydrogens (tertiary/aromatic N) is 1. The molecule has 0 aromatic heterocycles. The Labute approximate surface area is 184 Å². The molecule has 0 amide bonds. The summed E-state index contributed by atoms with van der Waals surface area (Å²) in [5, 5.41) is 9.06. The molecular formula is C24H38F3NO3. The number of ether oxygens (including phenoxy) is 1. The summed E-state index contributed by atoms with van der Waals surface area (Å²) in [5.74, 6) is 0.0785. The van der Waals surface area contributed by atoms with Crippen molar-refractivity contribution in [3.8, 4) is 0 Å². The maximum Gasteiger partial charge on any atom is 0.416 e. The zero-order valence-corrected chi connectivity index (χ0v) is 19.4. The zero-order valence-electron chi connectivity index (χ0n) is 19.4. The highest BCUT2D eigenvalue weighted by Crippen LogP contribution is 2.37. The molecule has 1 aromatic rings. The monoisotopic (exact) mass is 445 g/mol. The molecule has 0 unspecified atom stereocenters. The second-order valence-corrected chi connectivity index (χ2v) is 8.88. The Morgan fingerprint density at radius 2 is 1.77 bits per heavy atom. The van der Waals surface area contributed by atoms with Crippen LogP contribution in [0, 0.1) is 11.8 Å². The Balaban J connectivity index is 0.000000861. The summed E-state index contributed by atoms with van der Waals surface area (Å²) in [6.45, 7) is 12.5. The van der Waals surface area contributed by atoms with Gasteiger partial charge in [-0.3, -0.25) is 9.69 Å². The highest BCUT2D eigenvalue weighted by atomic mass is 19.4. The van der Waals surface area contributed by atoms with Gasteiger partial charge in [-0.05, 0) is 62.8 Å². The number of halogens is 3. The average Bonchev–Trinajstić information content (AvgIpc) is 2.68. The van der Waals surface area contributed by atoms with Gasteiger partial charge in [-0.2, -0.15) is 13.2 Å². The fourth-order valence-electron chi connectivity index (χ4n) is 3.43. The first kappa shape index (κ1) is 27.4. The van der Waals surface area contributed by atoms with E-state index >= 15 is 0 Å². The lowest BCUT2D eigenvalue weighted by atomic mass is 9.85. The Morgan fingerprint density at radius 3 is 2.23 bits per heavy atom. The largest absolute Gasteiger partial charge is 0.481 e. The van der Waals surface area contributed by atoms with Crippen LogP contribution in [-0.4, -0.2) is 41.8 Å². The fraction of sp³-hybridized carbons (Fsp3) is 0.708. The van der Waals surface area contributed by atoms with E-state index in [1.807, 2.05) is 13.8 Å². The summed E-state index contributed by atoms with van der Waals surface area (Å²) >= 11 is 0. The van der Waals surface area contributed by atoms with Crippen LogP contribution in [0.25, 0.3) is 0 Å². The third kappa shape index (κ3) is 10.5. The maximum absolute atomic E-state index is 12.8. The second kappa shape index (κ2) is 13.1. The van der Waals surface area contributed by atoms with E-state index in [0.29, 0.717) is 26.1 Å². The molecule has 1 fully saturated rings. The molecule has 0 aliphatic carbocycles. The summed E-state index contributed by atoms with van der Waals surface area (Å²) in [4.78, 5) is 13.2. The van der Waals surface area contributed by atoms with E-state index < -0.39 is 17.7 Å². The Bertz CT molecular complexity index is 644. The van der Waals surface area contributed by atoms with Crippen LogP contribution in [0.4, 0.5) is 13.2 Å². The highest BCUT2D eigenvalue weighted by Gasteiger charge is 2.33. The molecule has 178 valence electrons. The molecule has 0 spiro atoms.